The van der Waals surface area contributed by atoms with Crippen LogP contribution >= 0.6 is 11.3 Å². The first-order chi connectivity index (χ1) is 26.3. The summed E-state index contributed by atoms with van der Waals surface area (Å²) >= 11 is 1.90. The van der Waals surface area contributed by atoms with Crippen molar-refractivity contribution < 1.29 is 4.42 Å². The van der Waals surface area contributed by atoms with Gasteiger partial charge in [0.05, 0.1) is 10.4 Å². The van der Waals surface area contributed by atoms with Gasteiger partial charge in [-0.15, -0.1) is 11.3 Å². The Balaban J connectivity index is 1.33. The molecule has 8 aromatic carbocycles. The lowest BCUT2D eigenvalue weighted by Gasteiger charge is -2.44. The molecule has 0 saturated heterocycles. The predicted octanol–water partition coefficient (Wildman–Crippen LogP) is 11.7. The van der Waals surface area contributed by atoms with Gasteiger partial charge in [-0.1, -0.05) is 121 Å². The zero-order valence-corrected chi connectivity index (χ0v) is 29.3. The van der Waals surface area contributed by atoms with Crippen LogP contribution in [0.1, 0.15) is 0 Å². The lowest BCUT2D eigenvalue weighted by atomic mass is 9.33. The molecule has 10 aromatic rings. The summed E-state index contributed by atoms with van der Waals surface area (Å²) in [6, 6.07) is 63.8. The molecule has 0 amide bonds. The maximum absolute atomic E-state index is 7.16. The van der Waals surface area contributed by atoms with Crippen LogP contribution in [0.15, 0.2) is 180 Å². The number of thiophene rings is 1. The van der Waals surface area contributed by atoms with Gasteiger partial charge < -0.3 is 14.2 Å². The molecule has 246 valence electrons. The highest BCUT2D eigenvalue weighted by molar-refractivity contribution is 7.27. The van der Waals surface area contributed by atoms with Gasteiger partial charge in [0.1, 0.15) is 11.2 Å². The topological polar surface area (TPSA) is 19.6 Å². The highest BCUT2D eigenvalue weighted by Crippen LogP contribution is 2.53. The molecule has 0 fully saturated rings. The van der Waals surface area contributed by atoms with Gasteiger partial charge in [0, 0.05) is 54.7 Å². The number of nitrogens with zero attached hydrogens (tertiary/aromatic N) is 2. The molecule has 3 nitrogen and oxygen atoms in total. The molecule has 0 radical (unpaired) electrons. The highest BCUT2D eigenvalue weighted by atomic mass is 32.1. The van der Waals surface area contributed by atoms with Crippen LogP contribution in [0.25, 0.3) is 53.2 Å². The van der Waals surface area contributed by atoms with Gasteiger partial charge in [0.2, 0.25) is 0 Å². The maximum Gasteiger partial charge on any atom is 0.257 e. The number of rotatable bonds is 3. The number of fused-ring (bicyclic) bond motifs is 13. The Morgan fingerprint density at radius 3 is 1.85 bits per heavy atom. The van der Waals surface area contributed by atoms with Gasteiger partial charge >= 0.3 is 0 Å². The van der Waals surface area contributed by atoms with Crippen molar-refractivity contribution in [3.8, 4) is 11.1 Å². The molecule has 53 heavy (non-hydrogen) atoms. The van der Waals surface area contributed by atoms with Crippen molar-refractivity contribution in [1.29, 1.82) is 0 Å². The number of hydrogen-bond acceptors (Lipinski definition) is 4. The summed E-state index contributed by atoms with van der Waals surface area (Å²) in [6.45, 7) is -0.0753. The zero-order chi connectivity index (χ0) is 34.6. The zero-order valence-electron chi connectivity index (χ0n) is 28.5. The van der Waals surface area contributed by atoms with E-state index in [1.165, 1.54) is 75.8 Å². The molecule has 0 saturated carbocycles. The minimum Gasteiger partial charge on any atom is -0.456 e. The van der Waals surface area contributed by atoms with Crippen LogP contribution in [0.2, 0.25) is 0 Å². The Labute approximate surface area is 310 Å². The van der Waals surface area contributed by atoms with E-state index in [2.05, 4.69) is 186 Å². The minimum atomic E-state index is -0.0753. The van der Waals surface area contributed by atoms with Crippen molar-refractivity contribution >= 4 is 111 Å². The smallest absolute Gasteiger partial charge is 0.257 e. The molecule has 4 heterocycles. The number of hydrogen-bond donors (Lipinski definition) is 0. The normalized spacial score (nSPS) is 13.2. The van der Waals surface area contributed by atoms with Gasteiger partial charge in [-0.2, -0.15) is 0 Å². The van der Waals surface area contributed by atoms with E-state index in [4.69, 9.17) is 4.42 Å². The van der Waals surface area contributed by atoms with Crippen LogP contribution < -0.4 is 26.2 Å². The summed E-state index contributed by atoms with van der Waals surface area (Å²) in [4.78, 5) is 5.01. The monoisotopic (exact) mass is 692 g/mol. The molecule has 5 heteroatoms. The summed E-state index contributed by atoms with van der Waals surface area (Å²) in [5.41, 5.74) is 15.1. The molecule has 0 spiro atoms. The van der Waals surface area contributed by atoms with Gasteiger partial charge in [-0.3, -0.25) is 0 Å². The van der Waals surface area contributed by atoms with E-state index in [0.717, 1.165) is 27.9 Å². The Kier molecular flexibility index (Phi) is 6.02. The predicted molar refractivity (Wildman–Crippen MR) is 226 cm³/mol. The second-order valence-corrected chi connectivity index (χ2v) is 15.0. The van der Waals surface area contributed by atoms with Crippen molar-refractivity contribution in [2.24, 2.45) is 0 Å². The van der Waals surface area contributed by atoms with E-state index in [-0.39, 0.29) is 6.71 Å². The number of benzene rings is 8. The van der Waals surface area contributed by atoms with E-state index < -0.39 is 0 Å². The summed E-state index contributed by atoms with van der Waals surface area (Å²) < 4.78 is 9.72. The van der Waals surface area contributed by atoms with E-state index in [9.17, 15) is 0 Å². The van der Waals surface area contributed by atoms with Crippen LogP contribution in [0, 0.1) is 0 Å². The van der Waals surface area contributed by atoms with Gasteiger partial charge in [0.15, 0.2) is 0 Å². The number of anilines is 6. The molecule has 2 aliphatic heterocycles. The van der Waals surface area contributed by atoms with Crippen molar-refractivity contribution in [1.82, 2.24) is 0 Å². The minimum absolute atomic E-state index is 0.0753. The molecule has 0 aliphatic carbocycles. The van der Waals surface area contributed by atoms with Crippen molar-refractivity contribution in [2.45, 2.75) is 0 Å². The van der Waals surface area contributed by atoms with Crippen LogP contribution in [-0.2, 0) is 0 Å². The van der Waals surface area contributed by atoms with E-state index in [0.29, 0.717) is 0 Å². The van der Waals surface area contributed by atoms with Crippen LogP contribution in [0.4, 0.5) is 34.1 Å². The quantitative estimate of drug-likeness (QED) is 0.172. The fraction of sp³-hybridized carbons (Fsp3) is 0. The molecular weight excluding hydrogens is 663 g/mol. The molecule has 12 rings (SSSR count). The molecule has 0 unspecified atom stereocenters. The summed E-state index contributed by atoms with van der Waals surface area (Å²) in [6.07, 6.45) is 0. The Hall–Kier alpha value is -6.56. The average Bonchev–Trinajstić information content (AvgIpc) is 3.80. The van der Waals surface area contributed by atoms with Gasteiger partial charge in [0.25, 0.3) is 6.71 Å². The van der Waals surface area contributed by atoms with Crippen LogP contribution in [0.5, 0.6) is 0 Å². The lowest BCUT2D eigenvalue weighted by molar-refractivity contribution is 0.671. The molecule has 0 bridgehead atoms. The maximum atomic E-state index is 7.16. The fourth-order valence-corrected chi connectivity index (χ4v) is 10.3. The third-order valence-corrected chi connectivity index (χ3v) is 12.4. The third kappa shape index (κ3) is 4.00. The van der Waals surface area contributed by atoms with Gasteiger partial charge in [-0.25, -0.2) is 0 Å². The van der Waals surface area contributed by atoms with Crippen molar-refractivity contribution in [3.63, 3.8) is 0 Å². The van der Waals surface area contributed by atoms with Gasteiger partial charge in [-0.05, 0) is 82.1 Å². The third-order valence-electron chi connectivity index (χ3n) is 11.2. The number of furan rings is 1. The van der Waals surface area contributed by atoms with Crippen LogP contribution in [0.3, 0.4) is 0 Å². The summed E-state index contributed by atoms with van der Waals surface area (Å²) in [5, 5.41) is 4.89. The molecule has 2 aromatic heterocycles. The first-order valence-corrected chi connectivity index (χ1v) is 19.0. The van der Waals surface area contributed by atoms with E-state index in [1.807, 2.05) is 11.3 Å². The average molecular weight is 693 g/mol. The second kappa shape index (κ2) is 11.0. The second-order valence-electron chi connectivity index (χ2n) is 14.0. The standard InChI is InChI=1S/C48H29BN2OS/c1-4-16-30(17-5-1)31-28-38-44-39(29-31)51(33-20-8-3-9-21-33)46-45(49(44)36-24-12-13-25-37(36)50(38)32-18-6-2-7-19-32)47-42(34-22-10-14-26-40(34)52-47)43-35-23-11-15-27-41(35)53-48(43)46/h1-29H. The molecular formula is C48H29BN2OS. The SMILES string of the molecule is c1ccc(-c2cc3c4c(c2)N(c2ccccc2)c2c(c5oc6ccccc6c5c5c2sc2ccccc25)B4c2ccccc2N3c2ccccc2)cc1. The van der Waals surface area contributed by atoms with E-state index >= 15 is 0 Å². The van der Waals surface area contributed by atoms with Crippen molar-refractivity contribution in [2.75, 3.05) is 9.80 Å². The molecule has 0 atom stereocenters. The highest BCUT2D eigenvalue weighted by Gasteiger charge is 2.46. The van der Waals surface area contributed by atoms with Crippen molar-refractivity contribution in [3.05, 3.63) is 176 Å². The Morgan fingerprint density at radius 1 is 0.472 bits per heavy atom. The Bertz CT molecular complexity index is 3080. The molecule has 2 aliphatic rings. The first kappa shape index (κ1) is 29.1. The Morgan fingerprint density at radius 2 is 1.08 bits per heavy atom. The molecule has 0 N–H and O–H groups in total. The lowest BCUT2D eigenvalue weighted by Crippen LogP contribution is -2.61. The summed E-state index contributed by atoms with van der Waals surface area (Å²) in [7, 11) is 0. The fourth-order valence-electron chi connectivity index (χ4n) is 9.09. The first-order valence-electron chi connectivity index (χ1n) is 18.1. The largest absolute Gasteiger partial charge is 0.456 e. The van der Waals surface area contributed by atoms with E-state index in [1.54, 1.807) is 0 Å². The summed E-state index contributed by atoms with van der Waals surface area (Å²) in [5.74, 6) is 0. The van der Waals surface area contributed by atoms with Crippen LogP contribution in [-0.4, -0.2) is 6.71 Å². The number of para-hydroxylation sites is 4.